The number of hydrogen-bond donors (Lipinski definition) is 3. The summed E-state index contributed by atoms with van der Waals surface area (Å²) in [6.07, 6.45) is 4.39. The Morgan fingerprint density at radius 1 is 1.33 bits per heavy atom. The summed E-state index contributed by atoms with van der Waals surface area (Å²) in [5, 5.41) is 33.9. The zero-order valence-corrected chi connectivity index (χ0v) is 17.4. The highest BCUT2D eigenvalue weighted by molar-refractivity contribution is 5.79. The fourth-order valence-corrected chi connectivity index (χ4v) is 6.63. The Morgan fingerprint density at radius 3 is 2.73 bits per heavy atom. The number of furan rings is 1. The van der Waals surface area contributed by atoms with E-state index >= 15 is 0 Å². The molecule has 0 aromatic carbocycles. The van der Waals surface area contributed by atoms with Gasteiger partial charge in [0.25, 0.3) is 0 Å². The van der Waals surface area contributed by atoms with Crippen LogP contribution in [0.15, 0.2) is 23.0 Å². The summed E-state index contributed by atoms with van der Waals surface area (Å²) >= 11 is 0. The molecule has 1 aliphatic heterocycles. The number of aliphatic hydroxyl groups is 3. The fourth-order valence-electron chi connectivity index (χ4n) is 6.63. The van der Waals surface area contributed by atoms with Crippen LogP contribution in [0.25, 0.3) is 0 Å². The maximum absolute atomic E-state index is 12.8. The molecule has 1 saturated heterocycles. The van der Waals surface area contributed by atoms with Crippen LogP contribution in [0.5, 0.6) is 0 Å². The maximum atomic E-state index is 12.8. The van der Waals surface area contributed by atoms with Crippen LogP contribution < -0.4 is 0 Å². The summed E-state index contributed by atoms with van der Waals surface area (Å²) in [5.74, 6) is -1.42. The molecule has 8 nitrogen and oxygen atoms in total. The molecular weight excluding hydrogens is 392 g/mol. The predicted molar refractivity (Wildman–Crippen MR) is 103 cm³/mol. The van der Waals surface area contributed by atoms with E-state index < -0.39 is 46.6 Å². The van der Waals surface area contributed by atoms with Gasteiger partial charge in [0.05, 0.1) is 24.5 Å². The lowest BCUT2D eigenvalue weighted by atomic mass is 9.40. The van der Waals surface area contributed by atoms with E-state index in [1.54, 1.807) is 19.3 Å². The number of hydrogen-bond acceptors (Lipinski definition) is 8. The van der Waals surface area contributed by atoms with Crippen LogP contribution >= 0.6 is 0 Å². The summed E-state index contributed by atoms with van der Waals surface area (Å²) in [6.45, 7) is 2.28. The number of esters is 2. The van der Waals surface area contributed by atoms with Gasteiger partial charge in [-0.1, -0.05) is 6.42 Å². The number of aryl methyl sites for hydroxylation is 1. The highest BCUT2D eigenvalue weighted by Crippen LogP contribution is 2.67. The van der Waals surface area contributed by atoms with Gasteiger partial charge in [-0.05, 0) is 44.2 Å². The van der Waals surface area contributed by atoms with Crippen LogP contribution in [0.3, 0.4) is 0 Å². The van der Waals surface area contributed by atoms with Crippen molar-refractivity contribution < 1.29 is 38.8 Å². The van der Waals surface area contributed by atoms with Gasteiger partial charge in [-0.15, -0.1) is 0 Å². The van der Waals surface area contributed by atoms with E-state index in [4.69, 9.17) is 13.9 Å². The van der Waals surface area contributed by atoms with Crippen molar-refractivity contribution in [1.82, 2.24) is 0 Å². The molecule has 3 aliphatic rings. The van der Waals surface area contributed by atoms with Crippen molar-refractivity contribution in [3.63, 3.8) is 0 Å². The third-order valence-electron chi connectivity index (χ3n) is 7.97. The summed E-state index contributed by atoms with van der Waals surface area (Å²) < 4.78 is 16.3. The van der Waals surface area contributed by atoms with Crippen molar-refractivity contribution in [2.45, 2.75) is 69.7 Å². The van der Waals surface area contributed by atoms with Crippen molar-refractivity contribution in [1.29, 1.82) is 0 Å². The quantitative estimate of drug-likeness (QED) is 0.607. The third kappa shape index (κ3) is 2.77. The van der Waals surface area contributed by atoms with E-state index in [1.165, 1.54) is 13.2 Å². The lowest BCUT2D eigenvalue weighted by molar-refractivity contribution is -0.337. The van der Waals surface area contributed by atoms with Gasteiger partial charge in [0.2, 0.25) is 0 Å². The second-order valence-electron chi connectivity index (χ2n) is 9.51. The molecule has 1 aromatic rings. The van der Waals surface area contributed by atoms with E-state index in [-0.39, 0.29) is 25.4 Å². The predicted octanol–water partition coefficient (Wildman–Crippen LogP) is 1.35. The average Bonchev–Trinajstić information content (AvgIpc) is 3.21. The van der Waals surface area contributed by atoms with Gasteiger partial charge in [0, 0.05) is 24.7 Å². The maximum Gasteiger partial charge on any atom is 0.312 e. The fraction of sp³-hybridized carbons (Fsp3) is 0.727. The van der Waals surface area contributed by atoms with Gasteiger partial charge < -0.3 is 29.2 Å². The molecule has 4 rings (SSSR count). The van der Waals surface area contributed by atoms with Crippen LogP contribution in [-0.2, 0) is 25.5 Å². The molecule has 30 heavy (non-hydrogen) atoms. The van der Waals surface area contributed by atoms with Gasteiger partial charge >= 0.3 is 11.9 Å². The Kier molecular flexibility index (Phi) is 5.03. The van der Waals surface area contributed by atoms with Crippen molar-refractivity contribution >= 4 is 11.9 Å². The molecule has 3 N–H and O–H groups in total. The molecule has 166 valence electrons. The minimum Gasteiger partial charge on any atom is -0.472 e. The standard InChI is InChI=1S/C22H30O8/c1-14(24)30-16-10-21(26,12-23)22(27,8-4-15-5-9-28-11-15)20-7-3-6-19(2,17(16)20)18(25)29-13-20/h5,9,11,16-17,23,26-27H,3-4,6-8,10,12-13H2,1-2H3/t16-,17+,19+,20-,21-,22+/m1/s1. The Hall–Kier alpha value is -1.90. The zero-order valence-electron chi connectivity index (χ0n) is 17.4. The minimum absolute atomic E-state index is 0.0892. The Bertz CT molecular complexity index is 821. The van der Waals surface area contributed by atoms with Gasteiger partial charge in [-0.3, -0.25) is 9.59 Å². The first kappa shape index (κ1) is 21.3. The van der Waals surface area contributed by atoms with Crippen LogP contribution in [-0.4, -0.2) is 57.8 Å². The summed E-state index contributed by atoms with van der Waals surface area (Å²) in [6, 6.07) is 1.78. The number of carbonyl (C=O) groups is 2. The molecule has 0 unspecified atom stereocenters. The molecule has 2 saturated carbocycles. The van der Waals surface area contributed by atoms with E-state index in [2.05, 4.69) is 0 Å². The van der Waals surface area contributed by atoms with Crippen molar-refractivity contribution in [3.05, 3.63) is 24.2 Å². The molecule has 1 aromatic heterocycles. The number of rotatable bonds is 5. The van der Waals surface area contributed by atoms with Gasteiger partial charge in [0.15, 0.2) is 0 Å². The van der Waals surface area contributed by atoms with Crippen LogP contribution in [0.1, 0.15) is 51.5 Å². The molecule has 2 heterocycles. The minimum atomic E-state index is -1.92. The molecular formula is C22H30O8. The molecule has 0 amide bonds. The first-order valence-electron chi connectivity index (χ1n) is 10.5. The number of aliphatic hydroxyl groups excluding tert-OH is 1. The van der Waals surface area contributed by atoms with Gasteiger partial charge in [-0.2, -0.15) is 0 Å². The molecule has 0 spiro atoms. The van der Waals surface area contributed by atoms with Gasteiger partial charge in [0.1, 0.15) is 23.9 Å². The zero-order chi connectivity index (χ0) is 21.8. The molecule has 3 fully saturated rings. The molecule has 8 heteroatoms. The van der Waals surface area contributed by atoms with Crippen molar-refractivity contribution in [3.8, 4) is 0 Å². The summed E-state index contributed by atoms with van der Waals surface area (Å²) in [5.41, 5.74) is -4.82. The number of carbonyl (C=O) groups excluding carboxylic acids is 2. The molecule has 2 bridgehead atoms. The highest BCUT2D eigenvalue weighted by atomic mass is 16.6. The first-order chi connectivity index (χ1) is 14.1. The highest BCUT2D eigenvalue weighted by Gasteiger charge is 2.76. The van der Waals surface area contributed by atoms with Crippen LogP contribution in [0.4, 0.5) is 0 Å². The van der Waals surface area contributed by atoms with Crippen LogP contribution in [0, 0.1) is 16.7 Å². The largest absolute Gasteiger partial charge is 0.472 e. The average molecular weight is 422 g/mol. The van der Waals surface area contributed by atoms with E-state index in [1.807, 2.05) is 0 Å². The monoisotopic (exact) mass is 422 g/mol. The Labute approximate surface area is 175 Å². The topological polar surface area (TPSA) is 126 Å². The van der Waals surface area contributed by atoms with Crippen molar-refractivity contribution in [2.24, 2.45) is 16.7 Å². The van der Waals surface area contributed by atoms with Gasteiger partial charge in [-0.25, -0.2) is 0 Å². The SMILES string of the molecule is CC(=O)O[C@@H]1C[C@@](O)(CO)[C@](O)(CCc2ccoc2)[C@]23CCC[C@](C)(C(=O)OC2)[C@H]13. The second kappa shape index (κ2) is 7.07. The van der Waals surface area contributed by atoms with E-state index in [9.17, 15) is 24.9 Å². The Balaban J connectivity index is 1.84. The van der Waals surface area contributed by atoms with E-state index in [0.717, 1.165) is 5.56 Å². The smallest absolute Gasteiger partial charge is 0.312 e. The third-order valence-corrected chi connectivity index (χ3v) is 7.97. The van der Waals surface area contributed by atoms with Crippen molar-refractivity contribution in [2.75, 3.05) is 13.2 Å². The molecule has 0 radical (unpaired) electrons. The second-order valence-corrected chi connectivity index (χ2v) is 9.51. The lowest BCUT2D eigenvalue weighted by Gasteiger charge is -2.69. The van der Waals surface area contributed by atoms with E-state index in [0.29, 0.717) is 25.7 Å². The number of cyclic esters (lactones) is 1. The molecule has 2 aliphatic carbocycles. The number of ether oxygens (including phenoxy) is 2. The first-order valence-corrected chi connectivity index (χ1v) is 10.5. The lowest BCUT2D eigenvalue weighted by Crippen LogP contribution is -2.79. The Morgan fingerprint density at radius 2 is 2.10 bits per heavy atom. The molecule has 6 atom stereocenters. The van der Waals surface area contributed by atoms with Crippen LogP contribution in [0.2, 0.25) is 0 Å². The normalized spacial score (nSPS) is 42.9. The summed E-state index contributed by atoms with van der Waals surface area (Å²) in [4.78, 5) is 24.7. The summed E-state index contributed by atoms with van der Waals surface area (Å²) in [7, 11) is 0.